The van der Waals surface area contributed by atoms with Crippen LogP contribution in [-0.4, -0.2) is 29.9 Å². The van der Waals surface area contributed by atoms with Crippen molar-refractivity contribution in [1.29, 1.82) is 0 Å². The molecule has 1 aromatic heterocycles. The van der Waals surface area contributed by atoms with Crippen molar-refractivity contribution in [3.8, 4) is 11.5 Å². The fourth-order valence-corrected chi connectivity index (χ4v) is 2.90. The fourth-order valence-electron chi connectivity index (χ4n) is 2.90. The minimum atomic E-state index is -0.336. The summed E-state index contributed by atoms with van der Waals surface area (Å²) in [6.45, 7) is 2.52. The van der Waals surface area contributed by atoms with Gasteiger partial charge in [-0.05, 0) is 55.5 Å². The number of aromatic nitrogens is 1. The van der Waals surface area contributed by atoms with Gasteiger partial charge in [-0.1, -0.05) is 0 Å². The van der Waals surface area contributed by atoms with Crippen LogP contribution in [0.25, 0.3) is 0 Å². The predicted molar refractivity (Wildman–Crippen MR) is 109 cm³/mol. The molecule has 0 spiro atoms. The first-order valence-corrected chi connectivity index (χ1v) is 9.13. The van der Waals surface area contributed by atoms with Crippen molar-refractivity contribution in [2.24, 2.45) is 0 Å². The Morgan fingerprint density at radius 1 is 0.862 bits per heavy atom. The van der Waals surface area contributed by atoms with Crippen LogP contribution < -0.4 is 20.1 Å². The molecule has 1 aliphatic rings. The maximum absolute atomic E-state index is 12.6. The molecule has 0 unspecified atom stereocenters. The number of nitrogens with one attached hydrogen (secondary N) is 2. The summed E-state index contributed by atoms with van der Waals surface area (Å²) in [5.74, 6) is 0.941. The molecule has 0 fully saturated rings. The number of carbonyl (C=O) groups is 2. The highest BCUT2D eigenvalue weighted by molar-refractivity contribution is 6.03. The summed E-state index contributed by atoms with van der Waals surface area (Å²) in [5.41, 5.74) is 3.02. The molecule has 0 aliphatic carbocycles. The lowest BCUT2D eigenvalue weighted by atomic mass is 10.1. The molecule has 29 heavy (non-hydrogen) atoms. The molecule has 0 radical (unpaired) electrons. The number of ether oxygens (including phenoxy) is 2. The number of amides is 1. The molecule has 3 aromatic rings. The van der Waals surface area contributed by atoms with Gasteiger partial charge in [0.15, 0.2) is 17.3 Å². The number of anilines is 3. The molecule has 1 amide bonds. The maximum Gasteiger partial charge on any atom is 0.274 e. The zero-order valence-electron chi connectivity index (χ0n) is 15.8. The van der Waals surface area contributed by atoms with Gasteiger partial charge in [0.05, 0.1) is 0 Å². The number of fused-ring (bicyclic) bond motifs is 1. The van der Waals surface area contributed by atoms with E-state index in [1.54, 1.807) is 48.7 Å². The second kappa shape index (κ2) is 8.02. The summed E-state index contributed by atoms with van der Waals surface area (Å²) >= 11 is 0. The smallest absolute Gasteiger partial charge is 0.274 e. The average Bonchev–Trinajstić information content (AvgIpc) is 2.74. The van der Waals surface area contributed by atoms with Crippen LogP contribution >= 0.6 is 0 Å². The van der Waals surface area contributed by atoms with E-state index in [-0.39, 0.29) is 17.4 Å². The van der Waals surface area contributed by atoms with Gasteiger partial charge in [0.25, 0.3) is 5.91 Å². The van der Waals surface area contributed by atoms with Crippen LogP contribution in [-0.2, 0) is 0 Å². The Morgan fingerprint density at radius 2 is 1.59 bits per heavy atom. The second-order valence-corrected chi connectivity index (χ2v) is 6.50. The van der Waals surface area contributed by atoms with E-state index in [9.17, 15) is 9.59 Å². The summed E-state index contributed by atoms with van der Waals surface area (Å²) in [6.07, 6.45) is 1.56. The Hall–Kier alpha value is -3.87. The van der Waals surface area contributed by atoms with Gasteiger partial charge >= 0.3 is 0 Å². The summed E-state index contributed by atoms with van der Waals surface area (Å²) in [5, 5.41) is 6.02. The van der Waals surface area contributed by atoms with Crippen molar-refractivity contribution in [2.75, 3.05) is 23.8 Å². The molecular weight excluding hydrogens is 370 g/mol. The van der Waals surface area contributed by atoms with Gasteiger partial charge in [-0.2, -0.15) is 0 Å². The Balaban J connectivity index is 1.46. The fraction of sp³-hybridized carbons (Fsp3) is 0.136. The van der Waals surface area contributed by atoms with E-state index >= 15 is 0 Å². The van der Waals surface area contributed by atoms with Gasteiger partial charge in [-0.25, -0.2) is 0 Å². The summed E-state index contributed by atoms with van der Waals surface area (Å²) in [4.78, 5) is 28.1. The molecule has 1 aliphatic heterocycles. The molecule has 0 atom stereocenters. The lowest BCUT2D eigenvalue weighted by Gasteiger charge is -2.19. The molecule has 2 N–H and O–H groups in total. The lowest BCUT2D eigenvalue weighted by molar-refractivity contribution is 0.101. The second-order valence-electron chi connectivity index (χ2n) is 6.50. The van der Waals surface area contributed by atoms with Gasteiger partial charge in [-0.15, -0.1) is 0 Å². The molecule has 0 saturated carbocycles. The SMILES string of the molecule is CC(=O)c1ccc(Nc2ccnc(C(=O)Nc3ccc4c(c3)OCCO4)c2)cc1. The van der Waals surface area contributed by atoms with Crippen LogP contribution in [0.5, 0.6) is 11.5 Å². The van der Waals surface area contributed by atoms with E-state index in [4.69, 9.17) is 9.47 Å². The van der Waals surface area contributed by atoms with Crippen molar-refractivity contribution in [3.63, 3.8) is 0 Å². The van der Waals surface area contributed by atoms with Gasteiger partial charge in [0.1, 0.15) is 18.9 Å². The first-order valence-electron chi connectivity index (χ1n) is 9.13. The number of Topliss-reactive ketones (excluding diaryl/α,β-unsaturated/α-hetero) is 1. The molecule has 2 aromatic carbocycles. The highest BCUT2D eigenvalue weighted by Crippen LogP contribution is 2.32. The van der Waals surface area contributed by atoms with Crippen LogP contribution in [0.3, 0.4) is 0 Å². The Bertz CT molecular complexity index is 1060. The van der Waals surface area contributed by atoms with Crippen LogP contribution in [0.1, 0.15) is 27.8 Å². The van der Waals surface area contributed by atoms with Crippen molar-refractivity contribution in [2.45, 2.75) is 6.92 Å². The van der Waals surface area contributed by atoms with E-state index in [1.165, 1.54) is 6.92 Å². The van der Waals surface area contributed by atoms with E-state index < -0.39 is 0 Å². The third-order valence-electron chi connectivity index (χ3n) is 4.37. The van der Waals surface area contributed by atoms with Crippen LogP contribution in [0, 0.1) is 0 Å². The van der Waals surface area contributed by atoms with Crippen molar-refractivity contribution in [1.82, 2.24) is 4.98 Å². The Morgan fingerprint density at radius 3 is 2.34 bits per heavy atom. The number of rotatable bonds is 5. The highest BCUT2D eigenvalue weighted by atomic mass is 16.6. The molecule has 146 valence electrons. The van der Waals surface area contributed by atoms with Gasteiger partial charge in [0, 0.05) is 34.9 Å². The first kappa shape index (κ1) is 18.5. The molecular formula is C22H19N3O4. The monoisotopic (exact) mass is 389 g/mol. The number of benzene rings is 2. The normalized spacial score (nSPS) is 12.2. The van der Waals surface area contributed by atoms with E-state index in [0.29, 0.717) is 41.7 Å². The zero-order chi connectivity index (χ0) is 20.2. The molecule has 7 heteroatoms. The van der Waals surface area contributed by atoms with Crippen molar-refractivity contribution >= 4 is 28.8 Å². The minimum Gasteiger partial charge on any atom is -0.486 e. The van der Waals surface area contributed by atoms with Crippen molar-refractivity contribution < 1.29 is 19.1 Å². The van der Waals surface area contributed by atoms with Gasteiger partial charge in [-0.3, -0.25) is 14.6 Å². The lowest BCUT2D eigenvalue weighted by Crippen LogP contribution is -2.17. The maximum atomic E-state index is 12.6. The zero-order valence-corrected chi connectivity index (χ0v) is 15.8. The van der Waals surface area contributed by atoms with E-state index in [2.05, 4.69) is 15.6 Å². The molecule has 0 saturated heterocycles. The average molecular weight is 389 g/mol. The van der Waals surface area contributed by atoms with Crippen LogP contribution in [0.15, 0.2) is 60.8 Å². The largest absolute Gasteiger partial charge is 0.486 e. The summed E-state index contributed by atoms with van der Waals surface area (Å²) in [6, 6.07) is 15.8. The van der Waals surface area contributed by atoms with Gasteiger partial charge < -0.3 is 20.1 Å². The van der Waals surface area contributed by atoms with E-state index in [1.807, 2.05) is 12.1 Å². The number of carbonyl (C=O) groups excluding carboxylic acids is 2. The number of hydrogen-bond acceptors (Lipinski definition) is 6. The molecule has 2 heterocycles. The molecule has 4 rings (SSSR count). The first-order chi connectivity index (χ1) is 14.1. The third-order valence-corrected chi connectivity index (χ3v) is 4.37. The standard InChI is InChI=1S/C22H19N3O4/c1-14(26)15-2-4-16(5-3-15)24-18-8-9-23-19(12-18)22(27)25-17-6-7-20-21(13-17)29-11-10-28-20/h2-9,12-13H,10-11H2,1H3,(H,23,24)(H,25,27). The Kier molecular flexibility index (Phi) is 5.11. The highest BCUT2D eigenvalue weighted by Gasteiger charge is 2.14. The van der Waals surface area contributed by atoms with Crippen LogP contribution in [0.4, 0.5) is 17.1 Å². The molecule has 0 bridgehead atoms. The molecule has 7 nitrogen and oxygen atoms in total. The van der Waals surface area contributed by atoms with Crippen molar-refractivity contribution in [3.05, 3.63) is 72.1 Å². The van der Waals surface area contributed by atoms with E-state index in [0.717, 1.165) is 5.69 Å². The number of hydrogen-bond donors (Lipinski definition) is 2. The number of ketones is 1. The Labute approximate surface area is 167 Å². The minimum absolute atomic E-state index is 0.0126. The van der Waals surface area contributed by atoms with Gasteiger partial charge in [0.2, 0.25) is 0 Å². The quantitative estimate of drug-likeness (QED) is 0.640. The summed E-state index contributed by atoms with van der Waals surface area (Å²) < 4.78 is 11.0. The number of nitrogens with zero attached hydrogens (tertiary/aromatic N) is 1. The third kappa shape index (κ3) is 4.35. The number of pyridine rings is 1. The topological polar surface area (TPSA) is 89.6 Å². The predicted octanol–water partition coefficient (Wildman–Crippen LogP) is 4.05. The summed E-state index contributed by atoms with van der Waals surface area (Å²) in [7, 11) is 0. The van der Waals surface area contributed by atoms with Crippen LogP contribution in [0.2, 0.25) is 0 Å².